The maximum Gasteiger partial charge on any atom is 0.117 e. The van der Waals surface area contributed by atoms with E-state index < -0.39 is 0 Å². The van der Waals surface area contributed by atoms with E-state index in [4.69, 9.17) is 22.3 Å². The molecule has 0 spiro atoms. The molecule has 0 radical (unpaired) electrons. The standard InChI is InChI=1S/C15H18ClN3/c16-10-2-5-12-13(8-10)19(11-3-4-11)14(18-12)15(9-17)6-1-7-15/h2,5,8,11H,1,3-4,6-7,9,17H2. The Morgan fingerprint density at radius 3 is 2.74 bits per heavy atom. The Morgan fingerprint density at radius 2 is 2.16 bits per heavy atom. The van der Waals surface area contributed by atoms with Crippen molar-refractivity contribution in [1.82, 2.24) is 9.55 Å². The van der Waals surface area contributed by atoms with Crippen molar-refractivity contribution < 1.29 is 0 Å². The summed E-state index contributed by atoms with van der Waals surface area (Å²) in [6.45, 7) is 0.705. The molecule has 100 valence electrons. The van der Waals surface area contributed by atoms with E-state index in [0.29, 0.717) is 12.6 Å². The third-order valence-electron chi connectivity index (χ3n) is 4.74. The van der Waals surface area contributed by atoms with E-state index in [0.717, 1.165) is 10.5 Å². The third kappa shape index (κ3) is 1.65. The highest BCUT2D eigenvalue weighted by molar-refractivity contribution is 6.31. The van der Waals surface area contributed by atoms with Gasteiger partial charge in [0.05, 0.1) is 11.0 Å². The molecule has 0 saturated heterocycles. The van der Waals surface area contributed by atoms with Crippen LogP contribution in [-0.4, -0.2) is 16.1 Å². The van der Waals surface area contributed by atoms with Gasteiger partial charge in [0, 0.05) is 23.0 Å². The Labute approximate surface area is 117 Å². The van der Waals surface area contributed by atoms with Crippen LogP contribution in [0.25, 0.3) is 11.0 Å². The number of nitrogens with two attached hydrogens (primary N) is 1. The topological polar surface area (TPSA) is 43.8 Å². The quantitative estimate of drug-likeness (QED) is 0.933. The molecule has 0 atom stereocenters. The summed E-state index contributed by atoms with van der Waals surface area (Å²) >= 11 is 6.16. The zero-order valence-electron chi connectivity index (χ0n) is 10.9. The van der Waals surface area contributed by atoms with Crippen LogP contribution in [0.4, 0.5) is 0 Å². The SMILES string of the molecule is NCC1(c2nc3ccc(Cl)cc3n2C2CC2)CCC1. The van der Waals surface area contributed by atoms with Gasteiger partial charge in [-0.2, -0.15) is 0 Å². The molecule has 1 aromatic carbocycles. The fraction of sp³-hybridized carbons (Fsp3) is 0.533. The first kappa shape index (κ1) is 11.7. The fourth-order valence-corrected chi connectivity index (χ4v) is 3.43. The first-order chi connectivity index (χ1) is 9.23. The number of benzene rings is 1. The fourth-order valence-electron chi connectivity index (χ4n) is 3.27. The zero-order valence-corrected chi connectivity index (χ0v) is 11.7. The van der Waals surface area contributed by atoms with Crippen molar-refractivity contribution in [3.8, 4) is 0 Å². The third-order valence-corrected chi connectivity index (χ3v) is 4.97. The minimum absolute atomic E-state index is 0.119. The predicted octanol–water partition coefficient (Wildman–Crippen LogP) is 3.41. The number of imidazole rings is 1. The van der Waals surface area contributed by atoms with Gasteiger partial charge in [0.15, 0.2) is 0 Å². The summed E-state index contributed by atoms with van der Waals surface area (Å²) in [7, 11) is 0. The Hall–Kier alpha value is -1.06. The smallest absolute Gasteiger partial charge is 0.117 e. The molecule has 1 aromatic heterocycles. The number of hydrogen-bond donors (Lipinski definition) is 1. The number of nitrogens with zero attached hydrogens (tertiary/aromatic N) is 2. The molecule has 1 heterocycles. The lowest BCUT2D eigenvalue weighted by Crippen LogP contribution is -2.43. The number of fused-ring (bicyclic) bond motifs is 1. The van der Waals surface area contributed by atoms with Gasteiger partial charge in [-0.15, -0.1) is 0 Å². The average Bonchev–Trinajstić information content (AvgIpc) is 3.11. The summed E-state index contributed by atoms with van der Waals surface area (Å²) in [5.74, 6) is 1.21. The van der Waals surface area contributed by atoms with Gasteiger partial charge in [-0.3, -0.25) is 0 Å². The van der Waals surface area contributed by atoms with Crippen molar-refractivity contribution in [3.05, 3.63) is 29.0 Å². The normalized spacial score (nSPS) is 21.6. The van der Waals surface area contributed by atoms with Crippen molar-refractivity contribution in [3.63, 3.8) is 0 Å². The van der Waals surface area contributed by atoms with Crippen LogP contribution in [0.2, 0.25) is 5.02 Å². The van der Waals surface area contributed by atoms with E-state index in [9.17, 15) is 0 Å². The Balaban J connectivity index is 1.96. The van der Waals surface area contributed by atoms with E-state index in [-0.39, 0.29) is 5.41 Å². The number of aromatic nitrogens is 2. The molecule has 2 aliphatic rings. The molecule has 3 nitrogen and oxygen atoms in total. The predicted molar refractivity (Wildman–Crippen MR) is 77.6 cm³/mol. The Kier molecular flexibility index (Phi) is 2.45. The second-order valence-corrected chi connectivity index (χ2v) is 6.44. The molecular weight excluding hydrogens is 258 g/mol. The van der Waals surface area contributed by atoms with Gasteiger partial charge in [0.1, 0.15) is 5.82 Å². The molecule has 2 fully saturated rings. The molecule has 0 aliphatic heterocycles. The van der Waals surface area contributed by atoms with Gasteiger partial charge in [-0.1, -0.05) is 18.0 Å². The molecule has 2 aliphatic carbocycles. The van der Waals surface area contributed by atoms with Gasteiger partial charge in [-0.25, -0.2) is 4.98 Å². The van der Waals surface area contributed by atoms with Crippen molar-refractivity contribution in [2.45, 2.75) is 43.6 Å². The van der Waals surface area contributed by atoms with Crippen molar-refractivity contribution in [2.24, 2.45) is 5.73 Å². The van der Waals surface area contributed by atoms with E-state index in [2.05, 4.69) is 10.6 Å². The van der Waals surface area contributed by atoms with Crippen LogP contribution in [-0.2, 0) is 5.41 Å². The maximum absolute atomic E-state index is 6.16. The van der Waals surface area contributed by atoms with Crippen LogP contribution >= 0.6 is 11.6 Å². The highest BCUT2D eigenvalue weighted by atomic mass is 35.5. The van der Waals surface area contributed by atoms with E-state index in [1.165, 1.54) is 43.4 Å². The van der Waals surface area contributed by atoms with Crippen molar-refractivity contribution >= 4 is 22.6 Å². The van der Waals surface area contributed by atoms with Crippen LogP contribution in [0.5, 0.6) is 0 Å². The van der Waals surface area contributed by atoms with Gasteiger partial charge >= 0.3 is 0 Å². The summed E-state index contributed by atoms with van der Waals surface area (Å²) < 4.78 is 2.42. The van der Waals surface area contributed by atoms with E-state index in [1.54, 1.807) is 0 Å². The van der Waals surface area contributed by atoms with Crippen LogP contribution in [0.1, 0.15) is 44.0 Å². The van der Waals surface area contributed by atoms with Crippen LogP contribution in [0.15, 0.2) is 18.2 Å². The van der Waals surface area contributed by atoms with Crippen LogP contribution < -0.4 is 5.73 Å². The second-order valence-electron chi connectivity index (χ2n) is 6.01. The molecular formula is C15H18ClN3. The zero-order chi connectivity index (χ0) is 13.0. The first-order valence-electron chi connectivity index (χ1n) is 7.12. The molecule has 19 heavy (non-hydrogen) atoms. The van der Waals surface area contributed by atoms with Crippen LogP contribution in [0, 0.1) is 0 Å². The Morgan fingerprint density at radius 1 is 1.37 bits per heavy atom. The monoisotopic (exact) mass is 275 g/mol. The Bertz CT molecular complexity index is 633. The van der Waals surface area contributed by atoms with Gasteiger partial charge in [0.2, 0.25) is 0 Å². The number of halogens is 1. The van der Waals surface area contributed by atoms with Gasteiger partial charge < -0.3 is 10.3 Å². The average molecular weight is 276 g/mol. The highest BCUT2D eigenvalue weighted by Gasteiger charge is 2.43. The molecule has 0 amide bonds. The maximum atomic E-state index is 6.16. The summed E-state index contributed by atoms with van der Waals surface area (Å²) in [6.07, 6.45) is 6.13. The largest absolute Gasteiger partial charge is 0.329 e. The summed E-state index contributed by atoms with van der Waals surface area (Å²) in [4.78, 5) is 4.90. The molecule has 0 unspecified atom stereocenters. The van der Waals surface area contributed by atoms with Gasteiger partial charge in [0.25, 0.3) is 0 Å². The van der Waals surface area contributed by atoms with E-state index in [1.807, 2.05) is 12.1 Å². The lowest BCUT2D eigenvalue weighted by Gasteiger charge is -2.40. The summed E-state index contributed by atoms with van der Waals surface area (Å²) in [5.41, 5.74) is 8.43. The van der Waals surface area contributed by atoms with Gasteiger partial charge in [-0.05, 0) is 43.9 Å². The number of hydrogen-bond acceptors (Lipinski definition) is 2. The molecule has 2 saturated carbocycles. The minimum Gasteiger partial charge on any atom is -0.329 e. The second kappa shape index (κ2) is 3.97. The van der Waals surface area contributed by atoms with E-state index >= 15 is 0 Å². The lowest BCUT2D eigenvalue weighted by atomic mass is 9.68. The number of rotatable bonds is 3. The minimum atomic E-state index is 0.119. The molecule has 0 bridgehead atoms. The van der Waals surface area contributed by atoms with Crippen molar-refractivity contribution in [2.75, 3.05) is 6.54 Å². The molecule has 4 rings (SSSR count). The molecule has 4 heteroatoms. The lowest BCUT2D eigenvalue weighted by molar-refractivity contribution is 0.231. The van der Waals surface area contributed by atoms with Crippen LogP contribution in [0.3, 0.4) is 0 Å². The summed E-state index contributed by atoms with van der Waals surface area (Å²) in [5, 5.41) is 0.788. The van der Waals surface area contributed by atoms with Crippen molar-refractivity contribution in [1.29, 1.82) is 0 Å². The molecule has 2 aromatic rings. The highest BCUT2D eigenvalue weighted by Crippen LogP contribution is 2.47. The summed E-state index contributed by atoms with van der Waals surface area (Å²) in [6, 6.07) is 6.62. The molecule has 2 N–H and O–H groups in total. The first-order valence-corrected chi connectivity index (χ1v) is 7.49.